The molecule has 2 heterocycles. The van der Waals surface area contributed by atoms with Crippen molar-refractivity contribution in [2.75, 3.05) is 5.32 Å². The number of aromatic nitrogens is 2. The molecule has 3 aromatic rings. The maximum absolute atomic E-state index is 12.7. The minimum Gasteiger partial charge on any atom is -0.340 e. The molecule has 6 nitrogen and oxygen atoms in total. The van der Waals surface area contributed by atoms with Gasteiger partial charge in [0.15, 0.2) is 5.13 Å². The van der Waals surface area contributed by atoms with E-state index in [1.165, 1.54) is 11.3 Å². The van der Waals surface area contributed by atoms with Crippen LogP contribution >= 0.6 is 11.3 Å². The number of nitrogens with one attached hydrogen (secondary N) is 2. The molecule has 0 bridgehead atoms. The lowest BCUT2D eigenvalue weighted by Gasteiger charge is -2.21. The summed E-state index contributed by atoms with van der Waals surface area (Å²) >= 11 is 1.33. The number of thiazole rings is 1. The highest BCUT2D eigenvalue weighted by atomic mass is 32.1. The minimum absolute atomic E-state index is 0.0737. The third kappa shape index (κ3) is 4.77. The fraction of sp³-hybridized carbons (Fsp3) is 0.200. The van der Waals surface area contributed by atoms with E-state index in [4.69, 9.17) is 0 Å². The Morgan fingerprint density at radius 3 is 2.52 bits per heavy atom. The Kier molecular flexibility index (Phi) is 5.93. The maximum atomic E-state index is 12.7. The van der Waals surface area contributed by atoms with Crippen molar-refractivity contribution in [3.8, 4) is 11.3 Å². The number of carbonyl (C=O) groups excluding carboxylic acids is 2. The van der Waals surface area contributed by atoms with Gasteiger partial charge in [0, 0.05) is 28.9 Å². The minimum atomic E-state index is -0.663. The average molecular weight is 380 g/mol. The Hall–Kier alpha value is -3.06. The fourth-order valence-electron chi connectivity index (χ4n) is 2.51. The lowest BCUT2D eigenvalue weighted by atomic mass is 10.0. The Bertz CT molecular complexity index is 910. The third-order valence-electron chi connectivity index (χ3n) is 3.96. The summed E-state index contributed by atoms with van der Waals surface area (Å²) < 4.78 is 0. The molecule has 1 unspecified atom stereocenters. The standard InChI is InChI=1S/C20H20N4O2S/c1-13(2)17(23-18(25)14-7-4-3-5-8-14)19(26)24-20-22-16(12-27-20)15-9-6-10-21-11-15/h3-13,17H,1-2H3,(H,23,25)(H,22,24,26). The van der Waals surface area contributed by atoms with Crippen molar-refractivity contribution in [2.45, 2.75) is 19.9 Å². The van der Waals surface area contributed by atoms with Crippen LogP contribution in [0.15, 0.2) is 60.2 Å². The summed E-state index contributed by atoms with van der Waals surface area (Å²) in [7, 11) is 0. The van der Waals surface area contributed by atoms with Crippen LogP contribution in [0.25, 0.3) is 11.3 Å². The fourth-order valence-corrected chi connectivity index (χ4v) is 3.23. The first-order valence-electron chi connectivity index (χ1n) is 8.57. The van der Waals surface area contributed by atoms with E-state index in [1.807, 2.05) is 37.4 Å². The number of carbonyl (C=O) groups is 2. The quantitative estimate of drug-likeness (QED) is 0.684. The lowest BCUT2D eigenvalue weighted by molar-refractivity contribution is -0.118. The number of anilines is 1. The van der Waals surface area contributed by atoms with Crippen molar-refractivity contribution >= 4 is 28.3 Å². The topological polar surface area (TPSA) is 84.0 Å². The van der Waals surface area contributed by atoms with Gasteiger partial charge < -0.3 is 10.6 Å². The predicted octanol–water partition coefficient (Wildman–Crippen LogP) is 3.60. The largest absolute Gasteiger partial charge is 0.340 e. The molecular formula is C20H20N4O2S. The Labute approximate surface area is 161 Å². The molecule has 2 N–H and O–H groups in total. The molecule has 2 amide bonds. The molecule has 0 radical (unpaired) electrons. The van der Waals surface area contributed by atoms with Crippen LogP contribution in [0.2, 0.25) is 0 Å². The number of pyridine rings is 1. The second kappa shape index (κ2) is 8.55. The van der Waals surface area contributed by atoms with Crippen molar-refractivity contribution in [1.29, 1.82) is 0 Å². The van der Waals surface area contributed by atoms with Gasteiger partial charge in [-0.05, 0) is 30.2 Å². The molecule has 2 aromatic heterocycles. The third-order valence-corrected chi connectivity index (χ3v) is 4.72. The first-order valence-corrected chi connectivity index (χ1v) is 9.45. The second-order valence-electron chi connectivity index (χ2n) is 6.33. The molecule has 0 aliphatic heterocycles. The summed E-state index contributed by atoms with van der Waals surface area (Å²) in [4.78, 5) is 33.6. The monoisotopic (exact) mass is 380 g/mol. The van der Waals surface area contributed by atoms with Crippen molar-refractivity contribution in [3.63, 3.8) is 0 Å². The molecule has 0 saturated carbocycles. The van der Waals surface area contributed by atoms with Gasteiger partial charge in [-0.25, -0.2) is 4.98 Å². The number of amides is 2. The summed E-state index contributed by atoms with van der Waals surface area (Å²) in [6, 6.07) is 11.9. The van der Waals surface area contributed by atoms with E-state index in [1.54, 1.807) is 36.7 Å². The zero-order chi connectivity index (χ0) is 19.2. The SMILES string of the molecule is CC(C)C(NC(=O)c1ccccc1)C(=O)Nc1nc(-c2cccnc2)cs1. The highest BCUT2D eigenvalue weighted by Gasteiger charge is 2.25. The number of rotatable bonds is 6. The normalized spacial score (nSPS) is 11.8. The van der Waals surface area contributed by atoms with Gasteiger partial charge >= 0.3 is 0 Å². The van der Waals surface area contributed by atoms with Gasteiger partial charge in [0.2, 0.25) is 5.91 Å². The molecule has 138 valence electrons. The smallest absolute Gasteiger partial charge is 0.251 e. The van der Waals surface area contributed by atoms with Gasteiger partial charge in [-0.3, -0.25) is 14.6 Å². The predicted molar refractivity (Wildman–Crippen MR) is 107 cm³/mol. The molecule has 0 saturated heterocycles. The van der Waals surface area contributed by atoms with Gasteiger partial charge in [-0.15, -0.1) is 11.3 Å². The van der Waals surface area contributed by atoms with Crippen LogP contribution in [0, 0.1) is 5.92 Å². The van der Waals surface area contributed by atoms with E-state index in [2.05, 4.69) is 20.6 Å². The Morgan fingerprint density at radius 2 is 1.85 bits per heavy atom. The van der Waals surface area contributed by atoms with Crippen LogP contribution in [-0.2, 0) is 4.79 Å². The van der Waals surface area contributed by atoms with E-state index in [-0.39, 0.29) is 17.7 Å². The number of nitrogens with zero attached hydrogens (tertiary/aromatic N) is 2. The average Bonchev–Trinajstić information content (AvgIpc) is 3.15. The Balaban J connectivity index is 1.69. The molecule has 1 aromatic carbocycles. The lowest BCUT2D eigenvalue weighted by Crippen LogP contribution is -2.47. The summed E-state index contributed by atoms with van der Waals surface area (Å²) in [5.74, 6) is -0.642. The van der Waals surface area contributed by atoms with Crippen molar-refractivity contribution in [3.05, 3.63) is 65.8 Å². The van der Waals surface area contributed by atoms with Gasteiger partial charge in [0.1, 0.15) is 6.04 Å². The molecule has 27 heavy (non-hydrogen) atoms. The molecule has 0 spiro atoms. The number of hydrogen-bond donors (Lipinski definition) is 2. The number of hydrogen-bond acceptors (Lipinski definition) is 5. The van der Waals surface area contributed by atoms with Crippen LogP contribution in [0.5, 0.6) is 0 Å². The highest BCUT2D eigenvalue weighted by Crippen LogP contribution is 2.24. The van der Waals surface area contributed by atoms with Crippen LogP contribution < -0.4 is 10.6 Å². The molecule has 7 heteroatoms. The van der Waals surface area contributed by atoms with Crippen LogP contribution in [0.3, 0.4) is 0 Å². The molecule has 0 aliphatic carbocycles. The van der Waals surface area contributed by atoms with Gasteiger partial charge in [-0.2, -0.15) is 0 Å². The van der Waals surface area contributed by atoms with Crippen molar-refractivity contribution < 1.29 is 9.59 Å². The zero-order valence-corrected chi connectivity index (χ0v) is 15.9. The molecule has 3 rings (SSSR count). The molecule has 0 fully saturated rings. The molecule has 0 aliphatic rings. The Morgan fingerprint density at radius 1 is 1.07 bits per heavy atom. The van der Waals surface area contributed by atoms with Crippen molar-refractivity contribution in [1.82, 2.24) is 15.3 Å². The van der Waals surface area contributed by atoms with Crippen LogP contribution in [-0.4, -0.2) is 27.8 Å². The van der Waals surface area contributed by atoms with E-state index in [9.17, 15) is 9.59 Å². The maximum Gasteiger partial charge on any atom is 0.251 e. The summed E-state index contributed by atoms with van der Waals surface area (Å²) in [5, 5.41) is 7.96. The number of benzene rings is 1. The molecule has 1 atom stereocenters. The van der Waals surface area contributed by atoms with Crippen molar-refractivity contribution in [2.24, 2.45) is 5.92 Å². The van der Waals surface area contributed by atoms with E-state index in [0.717, 1.165) is 11.3 Å². The van der Waals surface area contributed by atoms with Gasteiger partial charge in [-0.1, -0.05) is 32.0 Å². The first-order chi connectivity index (χ1) is 13.0. The van der Waals surface area contributed by atoms with E-state index < -0.39 is 6.04 Å². The van der Waals surface area contributed by atoms with Gasteiger partial charge in [0.05, 0.1) is 5.69 Å². The summed E-state index contributed by atoms with van der Waals surface area (Å²) in [6.45, 7) is 3.77. The van der Waals surface area contributed by atoms with E-state index in [0.29, 0.717) is 10.7 Å². The van der Waals surface area contributed by atoms with Crippen LogP contribution in [0.1, 0.15) is 24.2 Å². The second-order valence-corrected chi connectivity index (χ2v) is 7.19. The van der Waals surface area contributed by atoms with Gasteiger partial charge in [0.25, 0.3) is 5.91 Å². The zero-order valence-electron chi connectivity index (χ0n) is 15.0. The first kappa shape index (κ1) is 18.7. The molecular weight excluding hydrogens is 360 g/mol. The van der Waals surface area contributed by atoms with E-state index >= 15 is 0 Å². The summed E-state index contributed by atoms with van der Waals surface area (Å²) in [5.41, 5.74) is 2.15. The summed E-state index contributed by atoms with van der Waals surface area (Å²) in [6.07, 6.45) is 3.42. The van der Waals surface area contributed by atoms with Crippen LogP contribution in [0.4, 0.5) is 5.13 Å². The highest BCUT2D eigenvalue weighted by molar-refractivity contribution is 7.14.